The average molecular weight is 450 g/mol. The summed E-state index contributed by atoms with van der Waals surface area (Å²) in [6, 6.07) is 14.2. The zero-order valence-corrected chi connectivity index (χ0v) is 17.8. The molecule has 0 fully saturated rings. The zero-order chi connectivity index (χ0) is 23.5. The van der Waals surface area contributed by atoms with E-state index < -0.39 is 23.3 Å². The summed E-state index contributed by atoms with van der Waals surface area (Å²) in [5.74, 6) is 1.29. The van der Waals surface area contributed by atoms with Crippen molar-refractivity contribution >= 4 is 10.8 Å². The number of benzene rings is 4. The minimum atomic E-state index is -0.958. The molecule has 0 N–H and O–H groups in total. The second kappa shape index (κ2) is 9.46. The van der Waals surface area contributed by atoms with Crippen LogP contribution in [0.4, 0.5) is 22.0 Å². The molecule has 5 heteroatoms. The van der Waals surface area contributed by atoms with Gasteiger partial charge >= 0.3 is 0 Å². The summed E-state index contributed by atoms with van der Waals surface area (Å²) < 4.78 is 70.4. The Kier molecular flexibility index (Phi) is 6.46. The second-order valence-corrected chi connectivity index (χ2v) is 7.76. The lowest BCUT2D eigenvalue weighted by Crippen LogP contribution is -1.99. The molecule has 4 aromatic rings. The lowest BCUT2D eigenvalue weighted by Gasteiger charge is -2.07. The van der Waals surface area contributed by atoms with Gasteiger partial charge in [-0.1, -0.05) is 43.0 Å². The van der Waals surface area contributed by atoms with Crippen molar-refractivity contribution in [1.29, 1.82) is 0 Å². The van der Waals surface area contributed by atoms with Gasteiger partial charge in [0.25, 0.3) is 0 Å². The van der Waals surface area contributed by atoms with Gasteiger partial charge in [-0.25, -0.2) is 22.0 Å². The van der Waals surface area contributed by atoms with Crippen LogP contribution in [0.15, 0.2) is 60.7 Å². The van der Waals surface area contributed by atoms with Crippen molar-refractivity contribution in [1.82, 2.24) is 0 Å². The molecule has 0 aliphatic carbocycles. The maximum Gasteiger partial charge on any atom is 0.166 e. The van der Waals surface area contributed by atoms with Crippen molar-refractivity contribution in [2.75, 3.05) is 0 Å². The molecule has 33 heavy (non-hydrogen) atoms. The predicted molar refractivity (Wildman–Crippen MR) is 119 cm³/mol. The number of rotatable bonds is 4. The van der Waals surface area contributed by atoms with E-state index in [2.05, 4.69) is 11.8 Å². The molecule has 0 bridgehead atoms. The van der Waals surface area contributed by atoms with Crippen LogP contribution in [-0.4, -0.2) is 0 Å². The molecule has 0 atom stereocenters. The second-order valence-electron chi connectivity index (χ2n) is 7.76. The Bertz CT molecular complexity index is 1390. The van der Waals surface area contributed by atoms with Gasteiger partial charge in [0.2, 0.25) is 0 Å². The Morgan fingerprint density at radius 2 is 1.36 bits per heavy atom. The fraction of sp³-hybridized carbons (Fsp3) is 0.143. The highest BCUT2D eigenvalue weighted by Crippen LogP contribution is 2.22. The van der Waals surface area contributed by atoms with E-state index in [0.29, 0.717) is 28.5 Å². The summed E-state index contributed by atoms with van der Waals surface area (Å²) >= 11 is 0. The van der Waals surface area contributed by atoms with Crippen molar-refractivity contribution in [2.24, 2.45) is 0 Å². The van der Waals surface area contributed by atoms with Crippen LogP contribution < -0.4 is 0 Å². The summed E-state index contributed by atoms with van der Waals surface area (Å²) in [5.41, 5.74) is 1.80. The van der Waals surface area contributed by atoms with E-state index in [1.165, 1.54) is 42.5 Å². The highest BCUT2D eigenvalue weighted by atomic mass is 19.2. The fourth-order valence-electron chi connectivity index (χ4n) is 3.66. The van der Waals surface area contributed by atoms with Gasteiger partial charge < -0.3 is 0 Å². The molecule has 0 unspecified atom stereocenters. The van der Waals surface area contributed by atoms with E-state index in [4.69, 9.17) is 0 Å². The van der Waals surface area contributed by atoms with Crippen LogP contribution >= 0.6 is 0 Å². The minimum absolute atomic E-state index is 0.100. The van der Waals surface area contributed by atoms with Crippen LogP contribution in [0.5, 0.6) is 0 Å². The molecule has 0 radical (unpaired) electrons. The molecular formula is C28H19F5. The van der Waals surface area contributed by atoms with Crippen molar-refractivity contribution in [2.45, 2.75) is 26.2 Å². The average Bonchev–Trinajstić information content (AvgIpc) is 2.80. The molecule has 0 aliphatic rings. The van der Waals surface area contributed by atoms with Crippen LogP contribution in [0, 0.1) is 40.9 Å². The number of hydrogen-bond donors (Lipinski definition) is 0. The van der Waals surface area contributed by atoms with Crippen molar-refractivity contribution in [3.05, 3.63) is 118 Å². The monoisotopic (exact) mass is 450 g/mol. The summed E-state index contributed by atoms with van der Waals surface area (Å²) in [6.07, 6.45) is 1.31. The predicted octanol–water partition coefficient (Wildman–Crippen LogP) is 7.28. The van der Waals surface area contributed by atoms with Crippen molar-refractivity contribution < 1.29 is 22.0 Å². The van der Waals surface area contributed by atoms with Crippen molar-refractivity contribution in [3.63, 3.8) is 0 Å². The standard InChI is InChI=1S/C28H19F5/c1-2-17-3-7-20(25(30)14-17)8-4-19-15-26(31)23(27(32)16-19)11-6-18-5-10-22-21(13-18)9-12-24(29)28(22)33/h3,5,7,9-10,12-16H,2,4,8H2,1H3. The first kappa shape index (κ1) is 22.5. The van der Waals surface area contributed by atoms with E-state index in [0.717, 1.165) is 18.1 Å². The first-order valence-corrected chi connectivity index (χ1v) is 10.5. The zero-order valence-electron chi connectivity index (χ0n) is 17.8. The SMILES string of the molecule is CCc1ccc(CCc2cc(F)c(C#Cc3ccc4c(F)c(F)ccc4c3)c(F)c2)c(F)c1. The normalized spacial score (nSPS) is 10.8. The summed E-state index contributed by atoms with van der Waals surface area (Å²) in [6.45, 7) is 1.94. The molecule has 0 spiro atoms. The van der Waals surface area contributed by atoms with Crippen LogP contribution in [0.25, 0.3) is 10.8 Å². The number of hydrogen-bond acceptors (Lipinski definition) is 0. The third-order valence-corrected chi connectivity index (χ3v) is 5.55. The lowest BCUT2D eigenvalue weighted by molar-refractivity contribution is 0.517. The van der Waals surface area contributed by atoms with Gasteiger partial charge in [-0.05, 0) is 77.7 Å². The Morgan fingerprint density at radius 3 is 2.06 bits per heavy atom. The maximum absolute atomic E-state index is 14.6. The summed E-state index contributed by atoms with van der Waals surface area (Å²) in [4.78, 5) is 0. The molecule has 0 nitrogen and oxygen atoms in total. The van der Waals surface area contributed by atoms with Gasteiger partial charge in [0.15, 0.2) is 11.6 Å². The van der Waals surface area contributed by atoms with Gasteiger partial charge in [0.1, 0.15) is 17.5 Å². The van der Waals surface area contributed by atoms with Crippen LogP contribution in [0.2, 0.25) is 0 Å². The molecule has 0 saturated carbocycles. The van der Waals surface area contributed by atoms with E-state index in [9.17, 15) is 22.0 Å². The summed E-state index contributed by atoms with van der Waals surface area (Å²) in [7, 11) is 0. The summed E-state index contributed by atoms with van der Waals surface area (Å²) in [5, 5.41) is 0.527. The van der Waals surface area contributed by atoms with Gasteiger partial charge in [0.05, 0.1) is 5.56 Å². The Balaban J connectivity index is 1.54. The van der Waals surface area contributed by atoms with Gasteiger partial charge in [0, 0.05) is 10.9 Å². The quantitative estimate of drug-likeness (QED) is 0.226. The highest BCUT2D eigenvalue weighted by Gasteiger charge is 2.11. The largest absolute Gasteiger partial charge is 0.207 e. The maximum atomic E-state index is 14.6. The number of halogens is 5. The molecule has 166 valence electrons. The van der Waals surface area contributed by atoms with Crippen molar-refractivity contribution in [3.8, 4) is 11.8 Å². The molecule has 4 rings (SSSR count). The van der Waals surface area contributed by atoms with E-state index in [-0.39, 0.29) is 23.2 Å². The third kappa shape index (κ3) is 4.90. The smallest absolute Gasteiger partial charge is 0.166 e. The fourth-order valence-corrected chi connectivity index (χ4v) is 3.66. The highest BCUT2D eigenvalue weighted by molar-refractivity contribution is 5.84. The minimum Gasteiger partial charge on any atom is -0.207 e. The van der Waals surface area contributed by atoms with Crippen LogP contribution in [0.1, 0.15) is 34.7 Å². The lowest BCUT2D eigenvalue weighted by atomic mass is 10.0. The number of aryl methyl sites for hydroxylation is 3. The van der Waals surface area contributed by atoms with E-state index in [1.807, 2.05) is 13.0 Å². The molecule has 0 saturated heterocycles. The molecule has 0 heterocycles. The van der Waals surface area contributed by atoms with Gasteiger partial charge in [-0.3, -0.25) is 0 Å². The molecule has 0 amide bonds. The molecular weight excluding hydrogens is 431 g/mol. The Morgan fingerprint density at radius 1 is 0.636 bits per heavy atom. The van der Waals surface area contributed by atoms with E-state index >= 15 is 0 Å². The van der Waals surface area contributed by atoms with E-state index in [1.54, 1.807) is 6.07 Å². The molecule has 0 aliphatic heterocycles. The topological polar surface area (TPSA) is 0 Å². The molecule has 0 aromatic heterocycles. The van der Waals surface area contributed by atoms with Crippen LogP contribution in [-0.2, 0) is 19.3 Å². The first-order chi connectivity index (χ1) is 15.9. The first-order valence-electron chi connectivity index (χ1n) is 10.5. The Labute approximate surface area is 188 Å². The Hall–Kier alpha value is -3.65. The molecule has 4 aromatic carbocycles. The van der Waals surface area contributed by atoms with Gasteiger partial charge in [-0.2, -0.15) is 0 Å². The van der Waals surface area contributed by atoms with Crippen LogP contribution in [0.3, 0.4) is 0 Å². The van der Waals surface area contributed by atoms with Gasteiger partial charge in [-0.15, -0.1) is 0 Å². The third-order valence-electron chi connectivity index (χ3n) is 5.55. The number of fused-ring (bicyclic) bond motifs is 1.